The number of carboxylic acid groups (broad SMARTS) is 1. The van der Waals surface area contributed by atoms with Crippen molar-refractivity contribution >= 4 is 24.0 Å². The van der Waals surface area contributed by atoms with Crippen molar-refractivity contribution in [2.24, 2.45) is 0 Å². The first-order chi connectivity index (χ1) is 16.9. The van der Waals surface area contributed by atoms with E-state index in [0.29, 0.717) is 22.6 Å². The number of carboxylic acids is 1. The number of carbonyl (C=O) groups excluding carboxylic acids is 2. The Balaban J connectivity index is 1.59. The molecule has 9 heteroatoms. The summed E-state index contributed by atoms with van der Waals surface area (Å²) < 4.78 is 25.4. The number of halogens is 1. The summed E-state index contributed by atoms with van der Waals surface area (Å²) in [6, 6.07) is 16.6. The van der Waals surface area contributed by atoms with Crippen LogP contribution in [-0.2, 0) is 17.9 Å². The number of ether oxygens (including phenoxy) is 2. The number of para-hydroxylation sites is 1. The molecule has 0 spiro atoms. The summed E-state index contributed by atoms with van der Waals surface area (Å²) in [5.41, 5.74) is 1.41. The van der Waals surface area contributed by atoms with E-state index in [4.69, 9.17) is 9.47 Å². The lowest BCUT2D eigenvalue weighted by Gasteiger charge is -2.14. The SMILES string of the molecule is COc1cccc(/C=C2\NC(=O)N(Cc3ccccc3F)C2=O)c1OCc1cccc(C(=O)O)c1. The molecule has 1 heterocycles. The summed E-state index contributed by atoms with van der Waals surface area (Å²) in [4.78, 5) is 37.5. The number of methoxy groups -OCH3 is 1. The molecule has 35 heavy (non-hydrogen) atoms. The Hall–Kier alpha value is -4.66. The van der Waals surface area contributed by atoms with Crippen LogP contribution >= 0.6 is 0 Å². The van der Waals surface area contributed by atoms with Gasteiger partial charge in [-0.1, -0.05) is 42.5 Å². The maximum absolute atomic E-state index is 14.0. The van der Waals surface area contributed by atoms with Crippen LogP contribution in [0.25, 0.3) is 6.08 Å². The number of nitrogens with one attached hydrogen (secondary N) is 1. The molecule has 3 aromatic rings. The molecule has 3 aromatic carbocycles. The number of imide groups is 1. The quantitative estimate of drug-likeness (QED) is 0.373. The summed E-state index contributed by atoms with van der Waals surface area (Å²) in [5.74, 6) is -1.49. The number of rotatable bonds is 8. The van der Waals surface area contributed by atoms with Crippen molar-refractivity contribution in [2.45, 2.75) is 13.2 Å². The zero-order chi connectivity index (χ0) is 24.9. The molecule has 0 aliphatic carbocycles. The van der Waals surface area contributed by atoms with Crippen molar-refractivity contribution in [1.29, 1.82) is 0 Å². The van der Waals surface area contributed by atoms with Crippen LogP contribution in [0.4, 0.5) is 9.18 Å². The summed E-state index contributed by atoms with van der Waals surface area (Å²) in [6.45, 7) is -0.173. The van der Waals surface area contributed by atoms with E-state index >= 15 is 0 Å². The fraction of sp³-hybridized carbons (Fsp3) is 0.115. The molecule has 178 valence electrons. The first kappa shape index (κ1) is 23.5. The van der Waals surface area contributed by atoms with Gasteiger partial charge in [-0.3, -0.25) is 9.69 Å². The summed E-state index contributed by atoms with van der Waals surface area (Å²) in [7, 11) is 1.46. The van der Waals surface area contributed by atoms with Crippen molar-refractivity contribution in [3.05, 3.63) is 100 Å². The van der Waals surface area contributed by atoms with Gasteiger partial charge in [-0.25, -0.2) is 14.0 Å². The number of aromatic carboxylic acids is 1. The number of hydrogen-bond acceptors (Lipinski definition) is 5. The molecular formula is C26H21FN2O6. The van der Waals surface area contributed by atoms with E-state index in [1.54, 1.807) is 36.4 Å². The smallest absolute Gasteiger partial charge is 0.335 e. The predicted octanol–water partition coefficient (Wildman–Crippen LogP) is 4.20. The van der Waals surface area contributed by atoms with E-state index in [-0.39, 0.29) is 30.0 Å². The third-order valence-electron chi connectivity index (χ3n) is 5.33. The van der Waals surface area contributed by atoms with Crippen LogP contribution in [0.2, 0.25) is 0 Å². The fourth-order valence-electron chi connectivity index (χ4n) is 3.58. The van der Waals surface area contributed by atoms with E-state index in [1.807, 2.05) is 0 Å². The van der Waals surface area contributed by atoms with Crippen molar-refractivity contribution in [1.82, 2.24) is 10.2 Å². The van der Waals surface area contributed by atoms with Gasteiger partial charge in [-0.05, 0) is 35.9 Å². The molecule has 0 aromatic heterocycles. The molecule has 3 amide bonds. The molecule has 0 bridgehead atoms. The fourth-order valence-corrected chi connectivity index (χ4v) is 3.58. The lowest BCUT2D eigenvalue weighted by atomic mass is 10.1. The molecule has 0 radical (unpaired) electrons. The van der Waals surface area contributed by atoms with Crippen LogP contribution in [0.15, 0.2) is 72.4 Å². The molecule has 1 saturated heterocycles. The minimum Gasteiger partial charge on any atom is -0.493 e. The van der Waals surface area contributed by atoms with E-state index in [2.05, 4.69) is 5.32 Å². The van der Waals surface area contributed by atoms with Crippen LogP contribution in [0, 0.1) is 5.82 Å². The predicted molar refractivity (Wildman–Crippen MR) is 124 cm³/mol. The average Bonchev–Trinajstić information content (AvgIpc) is 3.11. The molecular weight excluding hydrogens is 455 g/mol. The number of hydrogen-bond donors (Lipinski definition) is 2. The molecule has 2 N–H and O–H groups in total. The van der Waals surface area contributed by atoms with Gasteiger partial charge in [0.1, 0.15) is 18.1 Å². The first-order valence-electron chi connectivity index (χ1n) is 10.6. The number of amides is 3. The molecule has 1 aliphatic heterocycles. The first-order valence-corrected chi connectivity index (χ1v) is 10.6. The topological polar surface area (TPSA) is 105 Å². The number of benzene rings is 3. The van der Waals surface area contributed by atoms with Gasteiger partial charge in [0.15, 0.2) is 11.5 Å². The Morgan fingerprint density at radius 1 is 1.09 bits per heavy atom. The van der Waals surface area contributed by atoms with Gasteiger partial charge < -0.3 is 19.9 Å². The minimum absolute atomic E-state index is 0.00248. The van der Waals surface area contributed by atoms with E-state index in [0.717, 1.165) is 4.90 Å². The van der Waals surface area contributed by atoms with Crippen molar-refractivity contribution < 1.29 is 33.4 Å². The number of carbonyl (C=O) groups is 3. The maximum Gasteiger partial charge on any atom is 0.335 e. The second-order valence-corrected chi connectivity index (χ2v) is 7.64. The second kappa shape index (κ2) is 10.1. The van der Waals surface area contributed by atoms with Crippen LogP contribution in [0.1, 0.15) is 27.0 Å². The third kappa shape index (κ3) is 5.14. The summed E-state index contributed by atoms with van der Waals surface area (Å²) in [5, 5.41) is 11.7. The molecule has 4 rings (SSSR count). The standard InChI is InChI=1S/C26H21FN2O6/c1-34-22-11-5-8-17(23(22)35-15-16-6-4-9-18(12-16)25(31)32)13-21-24(30)29(26(33)28-21)14-19-7-2-3-10-20(19)27/h2-13H,14-15H2,1H3,(H,28,33)(H,31,32)/b21-13-. The minimum atomic E-state index is -1.05. The van der Waals surface area contributed by atoms with Gasteiger partial charge in [0.25, 0.3) is 5.91 Å². The highest BCUT2D eigenvalue weighted by atomic mass is 19.1. The molecule has 0 unspecified atom stereocenters. The maximum atomic E-state index is 14.0. The van der Waals surface area contributed by atoms with Gasteiger partial charge in [0.2, 0.25) is 0 Å². The highest BCUT2D eigenvalue weighted by Crippen LogP contribution is 2.34. The Morgan fingerprint density at radius 3 is 2.60 bits per heavy atom. The lowest BCUT2D eigenvalue weighted by Crippen LogP contribution is -2.30. The van der Waals surface area contributed by atoms with Crippen molar-refractivity contribution in [3.63, 3.8) is 0 Å². The van der Waals surface area contributed by atoms with Gasteiger partial charge in [0.05, 0.1) is 19.2 Å². The molecule has 0 saturated carbocycles. The van der Waals surface area contributed by atoms with Gasteiger partial charge in [-0.15, -0.1) is 0 Å². The third-order valence-corrected chi connectivity index (χ3v) is 5.33. The van der Waals surface area contributed by atoms with E-state index in [9.17, 15) is 23.9 Å². The summed E-state index contributed by atoms with van der Waals surface area (Å²) >= 11 is 0. The van der Waals surface area contributed by atoms with Gasteiger partial charge in [0, 0.05) is 11.1 Å². The Bertz CT molecular complexity index is 1340. The van der Waals surface area contributed by atoms with Crippen molar-refractivity contribution in [2.75, 3.05) is 7.11 Å². The molecule has 8 nitrogen and oxygen atoms in total. The van der Waals surface area contributed by atoms with Gasteiger partial charge in [-0.2, -0.15) is 0 Å². The average molecular weight is 476 g/mol. The zero-order valence-corrected chi connectivity index (χ0v) is 18.7. The Kier molecular flexibility index (Phi) is 6.77. The van der Waals surface area contributed by atoms with E-state index < -0.39 is 23.7 Å². The van der Waals surface area contributed by atoms with Gasteiger partial charge >= 0.3 is 12.0 Å². The number of nitrogens with zero attached hydrogens (tertiary/aromatic N) is 1. The number of urea groups is 1. The lowest BCUT2D eigenvalue weighted by molar-refractivity contribution is -0.123. The van der Waals surface area contributed by atoms with Crippen LogP contribution in [0.5, 0.6) is 11.5 Å². The van der Waals surface area contributed by atoms with Crippen LogP contribution in [-0.4, -0.2) is 35.0 Å². The summed E-state index contributed by atoms with van der Waals surface area (Å²) in [6.07, 6.45) is 1.45. The highest BCUT2D eigenvalue weighted by Gasteiger charge is 2.34. The van der Waals surface area contributed by atoms with Crippen LogP contribution < -0.4 is 14.8 Å². The Morgan fingerprint density at radius 2 is 1.86 bits per heavy atom. The largest absolute Gasteiger partial charge is 0.493 e. The van der Waals surface area contributed by atoms with Crippen molar-refractivity contribution in [3.8, 4) is 11.5 Å². The molecule has 0 atom stereocenters. The normalized spacial score (nSPS) is 14.2. The highest BCUT2D eigenvalue weighted by molar-refractivity contribution is 6.14. The zero-order valence-electron chi connectivity index (χ0n) is 18.7. The van der Waals surface area contributed by atoms with E-state index in [1.165, 1.54) is 43.5 Å². The molecule has 1 aliphatic rings. The monoisotopic (exact) mass is 476 g/mol. The van der Waals surface area contributed by atoms with Crippen LogP contribution in [0.3, 0.4) is 0 Å². The Labute approximate surface area is 200 Å². The molecule has 1 fully saturated rings. The second-order valence-electron chi connectivity index (χ2n) is 7.64.